The minimum absolute atomic E-state index is 0.0602. The minimum atomic E-state index is -0.497. The number of nitrogens with one attached hydrogen (secondary N) is 1. The van der Waals surface area contributed by atoms with E-state index in [9.17, 15) is 9.18 Å². The van der Waals surface area contributed by atoms with Crippen LogP contribution in [0.1, 0.15) is 17.0 Å². The van der Waals surface area contributed by atoms with Crippen LogP contribution in [0.2, 0.25) is 0 Å². The molecule has 2 heterocycles. The third kappa shape index (κ3) is 2.90. The van der Waals surface area contributed by atoms with Crippen LogP contribution in [-0.2, 0) is 18.4 Å². The van der Waals surface area contributed by atoms with E-state index in [-0.39, 0.29) is 18.0 Å². The van der Waals surface area contributed by atoms with Crippen molar-refractivity contribution in [1.82, 2.24) is 25.0 Å². The number of rotatable bonds is 4. The first-order chi connectivity index (χ1) is 9.49. The highest BCUT2D eigenvalue weighted by molar-refractivity contribution is 5.83. The van der Waals surface area contributed by atoms with Crippen LogP contribution in [0.25, 0.3) is 0 Å². The maximum atomic E-state index is 13.6. The van der Waals surface area contributed by atoms with Crippen molar-refractivity contribution in [2.75, 3.05) is 0 Å². The molecule has 2 rings (SSSR count). The Hall–Kier alpha value is -2.51. The number of halogens is 1. The molecule has 0 aromatic carbocycles. The SMILES string of the molecule is Cc1nn(C)c(F)c1C=NNC(=O)Cn1nccc1C. The highest BCUT2D eigenvalue weighted by Crippen LogP contribution is 2.07. The smallest absolute Gasteiger partial charge is 0.261 e. The molecule has 0 atom stereocenters. The lowest BCUT2D eigenvalue weighted by atomic mass is 10.3. The number of aromatic nitrogens is 4. The van der Waals surface area contributed by atoms with E-state index in [1.807, 2.05) is 6.92 Å². The summed E-state index contributed by atoms with van der Waals surface area (Å²) in [6, 6.07) is 1.80. The molecule has 1 amide bonds. The Kier molecular flexibility index (Phi) is 3.92. The number of carbonyl (C=O) groups is 1. The second kappa shape index (κ2) is 5.64. The van der Waals surface area contributed by atoms with Gasteiger partial charge < -0.3 is 0 Å². The third-order valence-corrected chi connectivity index (χ3v) is 2.80. The predicted octanol–water partition coefficient (Wildman–Crippen LogP) is 0.523. The van der Waals surface area contributed by atoms with E-state index in [0.29, 0.717) is 5.69 Å². The molecule has 0 spiro atoms. The van der Waals surface area contributed by atoms with Gasteiger partial charge in [-0.3, -0.25) is 9.48 Å². The van der Waals surface area contributed by atoms with Crippen LogP contribution >= 0.6 is 0 Å². The first-order valence-electron chi connectivity index (χ1n) is 5.98. The molecule has 8 heteroatoms. The highest BCUT2D eigenvalue weighted by atomic mass is 19.1. The van der Waals surface area contributed by atoms with Crippen LogP contribution < -0.4 is 5.43 Å². The second-order valence-electron chi connectivity index (χ2n) is 4.34. The van der Waals surface area contributed by atoms with Gasteiger partial charge in [0.25, 0.3) is 5.91 Å². The molecule has 0 bridgehead atoms. The van der Waals surface area contributed by atoms with E-state index >= 15 is 0 Å². The molecule has 106 valence electrons. The van der Waals surface area contributed by atoms with Gasteiger partial charge in [-0.25, -0.2) is 10.1 Å². The Morgan fingerprint density at radius 3 is 2.85 bits per heavy atom. The number of carbonyl (C=O) groups excluding carboxylic acids is 1. The molecule has 2 aromatic heterocycles. The molecular weight excluding hydrogens is 263 g/mol. The second-order valence-corrected chi connectivity index (χ2v) is 4.34. The molecule has 0 unspecified atom stereocenters. The van der Waals surface area contributed by atoms with Crippen molar-refractivity contribution < 1.29 is 9.18 Å². The first kappa shape index (κ1) is 13.9. The van der Waals surface area contributed by atoms with Gasteiger partial charge in [-0.1, -0.05) is 0 Å². The van der Waals surface area contributed by atoms with Crippen LogP contribution in [0.3, 0.4) is 0 Å². The maximum Gasteiger partial charge on any atom is 0.261 e. The summed E-state index contributed by atoms with van der Waals surface area (Å²) in [6.45, 7) is 3.57. The van der Waals surface area contributed by atoms with Crippen molar-refractivity contribution in [3.05, 3.63) is 35.2 Å². The number of hydrazone groups is 1. The zero-order chi connectivity index (χ0) is 14.7. The summed E-state index contributed by atoms with van der Waals surface area (Å²) < 4.78 is 16.2. The number of hydrogen-bond acceptors (Lipinski definition) is 4. The topological polar surface area (TPSA) is 77.1 Å². The maximum absolute atomic E-state index is 13.6. The Balaban J connectivity index is 1.96. The molecule has 0 aliphatic carbocycles. The van der Waals surface area contributed by atoms with Gasteiger partial charge in [0.1, 0.15) is 6.54 Å². The Morgan fingerprint density at radius 1 is 1.55 bits per heavy atom. The fourth-order valence-electron chi connectivity index (χ4n) is 1.70. The number of amides is 1. The van der Waals surface area contributed by atoms with Crippen LogP contribution in [0.4, 0.5) is 4.39 Å². The average molecular weight is 278 g/mol. The highest BCUT2D eigenvalue weighted by Gasteiger charge is 2.10. The summed E-state index contributed by atoms with van der Waals surface area (Å²) >= 11 is 0. The summed E-state index contributed by atoms with van der Waals surface area (Å²) in [5, 5.41) is 11.6. The standard InChI is InChI=1S/C12H15FN6O/c1-8-4-5-15-19(8)7-11(20)16-14-6-10-9(2)17-18(3)12(10)13/h4-6H,7H2,1-3H3,(H,16,20). The normalized spacial score (nSPS) is 11.2. The van der Waals surface area contributed by atoms with E-state index < -0.39 is 5.95 Å². The summed E-state index contributed by atoms with van der Waals surface area (Å²) in [4.78, 5) is 11.6. The van der Waals surface area contributed by atoms with E-state index in [2.05, 4.69) is 20.7 Å². The summed E-state index contributed by atoms with van der Waals surface area (Å²) in [5.74, 6) is -0.835. The number of hydrogen-bond donors (Lipinski definition) is 1. The van der Waals surface area contributed by atoms with Gasteiger partial charge in [0.05, 0.1) is 17.5 Å². The Bertz CT molecular complexity index is 657. The molecule has 0 saturated heterocycles. The third-order valence-electron chi connectivity index (χ3n) is 2.80. The molecule has 0 aliphatic rings. The van der Waals surface area contributed by atoms with Gasteiger partial charge in [-0.05, 0) is 19.9 Å². The Morgan fingerprint density at radius 2 is 2.30 bits per heavy atom. The van der Waals surface area contributed by atoms with Gasteiger partial charge in [-0.2, -0.15) is 19.7 Å². The molecule has 20 heavy (non-hydrogen) atoms. The fraction of sp³-hybridized carbons (Fsp3) is 0.333. The number of nitrogens with zero attached hydrogens (tertiary/aromatic N) is 5. The van der Waals surface area contributed by atoms with Gasteiger partial charge in [0, 0.05) is 18.9 Å². The van der Waals surface area contributed by atoms with E-state index in [1.54, 1.807) is 23.9 Å². The summed E-state index contributed by atoms with van der Waals surface area (Å²) in [5.41, 5.74) is 3.96. The largest absolute Gasteiger partial charge is 0.271 e. The summed E-state index contributed by atoms with van der Waals surface area (Å²) in [6.07, 6.45) is 2.85. The van der Waals surface area contributed by atoms with Crippen molar-refractivity contribution >= 4 is 12.1 Å². The fourth-order valence-corrected chi connectivity index (χ4v) is 1.70. The molecule has 2 aromatic rings. The predicted molar refractivity (Wildman–Crippen MR) is 70.6 cm³/mol. The van der Waals surface area contributed by atoms with Crippen molar-refractivity contribution in [3.8, 4) is 0 Å². The lowest BCUT2D eigenvalue weighted by Crippen LogP contribution is -2.24. The van der Waals surface area contributed by atoms with Crippen LogP contribution in [0, 0.1) is 19.8 Å². The van der Waals surface area contributed by atoms with Gasteiger partial charge >= 0.3 is 0 Å². The molecule has 0 radical (unpaired) electrons. The first-order valence-corrected chi connectivity index (χ1v) is 5.98. The summed E-state index contributed by atoms with van der Waals surface area (Å²) in [7, 11) is 1.50. The van der Waals surface area contributed by atoms with E-state index in [1.165, 1.54) is 13.3 Å². The lowest BCUT2D eigenvalue weighted by molar-refractivity contribution is -0.121. The minimum Gasteiger partial charge on any atom is -0.271 e. The molecule has 0 fully saturated rings. The number of aryl methyl sites for hydroxylation is 3. The van der Waals surface area contributed by atoms with Gasteiger partial charge in [-0.15, -0.1) is 0 Å². The van der Waals surface area contributed by atoms with E-state index in [0.717, 1.165) is 10.4 Å². The zero-order valence-corrected chi connectivity index (χ0v) is 11.5. The monoisotopic (exact) mass is 278 g/mol. The molecule has 0 saturated carbocycles. The van der Waals surface area contributed by atoms with Crippen LogP contribution in [0.15, 0.2) is 17.4 Å². The molecular formula is C12H15FN6O. The van der Waals surface area contributed by atoms with Crippen molar-refractivity contribution in [1.29, 1.82) is 0 Å². The van der Waals surface area contributed by atoms with Gasteiger partial charge in [0.15, 0.2) is 0 Å². The molecule has 1 N–H and O–H groups in total. The molecule has 7 nitrogen and oxygen atoms in total. The van der Waals surface area contributed by atoms with Crippen LogP contribution in [0.5, 0.6) is 0 Å². The lowest BCUT2D eigenvalue weighted by Gasteiger charge is -2.02. The average Bonchev–Trinajstić information content (AvgIpc) is 2.88. The molecule has 0 aliphatic heterocycles. The quantitative estimate of drug-likeness (QED) is 0.654. The zero-order valence-electron chi connectivity index (χ0n) is 11.5. The van der Waals surface area contributed by atoms with Crippen molar-refractivity contribution in [3.63, 3.8) is 0 Å². The Labute approximate surface area is 115 Å². The van der Waals surface area contributed by atoms with Gasteiger partial charge in [0.2, 0.25) is 5.95 Å². The van der Waals surface area contributed by atoms with E-state index in [4.69, 9.17) is 0 Å². The van der Waals surface area contributed by atoms with Crippen molar-refractivity contribution in [2.24, 2.45) is 12.1 Å². The van der Waals surface area contributed by atoms with Crippen LogP contribution in [-0.4, -0.2) is 31.7 Å². The van der Waals surface area contributed by atoms with Crippen molar-refractivity contribution in [2.45, 2.75) is 20.4 Å².